The number of hydrogen-bond donors (Lipinski definition) is 1. The molecule has 25 heavy (non-hydrogen) atoms. The van der Waals surface area contributed by atoms with Crippen LogP contribution < -0.4 is 5.32 Å². The van der Waals surface area contributed by atoms with E-state index in [1.165, 1.54) is 19.3 Å². The Kier molecular flexibility index (Phi) is 4.46. The number of rotatable bonds is 4. The first-order chi connectivity index (χ1) is 12.3. The van der Waals surface area contributed by atoms with Crippen LogP contribution in [0.15, 0.2) is 48.8 Å². The van der Waals surface area contributed by atoms with Crippen LogP contribution >= 0.6 is 0 Å². The Morgan fingerprint density at radius 2 is 1.96 bits per heavy atom. The number of pyridine rings is 1. The van der Waals surface area contributed by atoms with Crippen LogP contribution in [0.25, 0.3) is 22.4 Å². The number of fused-ring (bicyclic) bond motifs is 1. The fraction of sp³-hybridized carbons (Fsp3) is 0.350. The van der Waals surface area contributed by atoms with Gasteiger partial charge in [0.15, 0.2) is 0 Å². The molecule has 0 saturated heterocycles. The molecule has 4 rings (SSSR count). The van der Waals surface area contributed by atoms with Crippen molar-refractivity contribution in [3.8, 4) is 11.4 Å². The molecule has 1 fully saturated rings. The van der Waals surface area contributed by atoms with Gasteiger partial charge in [0.1, 0.15) is 12.4 Å². The molecule has 1 amide bonds. The maximum atomic E-state index is 12.6. The molecule has 2 aromatic heterocycles. The lowest BCUT2D eigenvalue weighted by molar-refractivity contribution is -0.122. The van der Waals surface area contributed by atoms with E-state index >= 15 is 0 Å². The minimum Gasteiger partial charge on any atom is -0.352 e. The summed E-state index contributed by atoms with van der Waals surface area (Å²) in [6.45, 7) is 0.279. The molecule has 1 aromatic carbocycles. The lowest BCUT2D eigenvalue weighted by Gasteiger charge is -2.23. The summed E-state index contributed by atoms with van der Waals surface area (Å²) in [7, 11) is 0. The number of carbonyl (C=O) groups is 1. The van der Waals surface area contributed by atoms with Crippen LogP contribution in [-0.4, -0.2) is 26.5 Å². The highest BCUT2D eigenvalue weighted by Gasteiger charge is 2.19. The topological polar surface area (TPSA) is 59.8 Å². The molecule has 0 bridgehead atoms. The Labute approximate surface area is 147 Å². The molecule has 1 aliphatic rings. The fourth-order valence-electron chi connectivity index (χ4n) is 3.61. The number of imidazole rings is 1. The second kappa shape index (κ2) is 7.05. The molecule has 3 aromatic rings. The Morgan fingerprint density at radius 1 is 1.12 bits per heavy atom. The molecule has 0 atom stereocenters. The smallest absolute Gasteiger partial charge is 0.240 e. The molecule has 1 N–H and O–H groups in total. The van der Waals surface area contributed by atoms with E-state index in [4.69, 9.17) is 4.98 Å². The summed E-state index contributed by atoms with van der Waals surface area (Å²) < 4.78 is 1.99. The second-order valence-electron chi connectivity index (χ2n) is 6.65. The van der Waals surface area contributed by atoms with Crippen molar-refractivity contribution < 1.29 is 4.79 Å². The molecular weight excluding hydrogens is 312 g/mol. The zero-order chi connectivity index (χ0) is 17.1. The van der Waals surface area contributed by atoms with Gasteiger partial charge in [-0.2, -0.15) is 0 Å². The van der Waals surface area contributed by atoms with Gasteiger partial charge in [-0.05, 0) is 37.1 Å². The third-order valence-corrected chi connectivity index (χ3v) is 4.85. The predicted molar refractivity (Wildman–Crippen MR) is 98.0 cm³/mol. The van der Waals surface area contributed by atoms with Crippen molar-refractivity contribution >= 4 is 16.9 Å². The molecule has 0 unspecified atom stereocenters. The monoisotopic (exact) mass is 334 g/mol. The molecule has 1 saturated carbocycles. The predicted octanol–water partition coefficient (Wildman–Crippen LogP) is 3.55. The first kappa shape index (κ1) is 15.8. The van der Waals surface area contributed by atoms with Crippen molar-refractivity contribution in [3.63, 3.8) is 0 Å². The zero-order valence-electron chi connectivity index (χ0n) is 14.2. The van der Waals surface area contributed by atoms with Crippen molar-refractivity contribution in [2.24, 2.45) is 0 Å². The number of para-hydroxylation sites is 2. The van der Waals surface area contributed by atoms with E-state index in [1.54, 1.807) is 12.4 Å². The van der Waals surface area contributed by atoms with Gasteiger partial charge < -0.3 is 9.88 Å². The van der Waals surface area contributed by atoms with E-state index in [0.717, 1.165) is 35.3 Å². The van der Waals surface area contributed by atoms with E-state index in [9.17, 15) is 4.79 Å². The number of nitrogens with one attached hydrogen (secondary N) is 1. The van der Waals surface area contributed by atoms with E-state index in [2.05, 4.69) is 10.3 Å². The summed E-state index contributed by atoms with van der Waals surface area (Å²) in [5.74, 6) is 0.841. The number of nitrogens with zero attached hydrogens (tertiary/aromatic N) is 3. The summed E-state index contributed by atoms with van der Waals surface area (Å²) in [6, 6.07) is 12.1. The molecule has 128 valence electrons. The first-order valence-electron chi connectivity index (χ1n) is 8.96. The van der Waals surface area contributed by atoms with Gasteiger partial charge >= 0.3 is 0 Å². The average Bonchev–Trinajstić information content (AvgIpc) is 3.02. The SMILES string of the molecule is O=C(Cn1c(-c2cccnc2)nc2ccccc21)NC1CCCCC1. The van der Waals surface area contributed by atoms with Crippen LogP contribution in [0.4, 0.5) is 0 Å². The zero-order valence-corrected chi connectivity index (χ0v) is 14.2. The van der Waals surface area contributed by atoms with Gasteiger partial charge in [-0.3, -0.25) is 9.78 Å². The highest BCUT2D eigenvalue weighted by Crippen LogP contribution is 2.24. The van der Waals surface area contributed by atoms with Gasteiger partial charge in [0, 0.05) is 24.0 Å². The third kappa shape index (κ3) is 3.40. The maximum Gasteiger partial charge on any atom is 0.240 e. The van der Waals surface area contributed by atoms with E-state index in [1.807, 2.05) is 41.0 Å². The van der Waals surface area contributed by atoms with E-state index < -0.39 is 0 Å². The Hall–Kier alpha value is -2.69. The minimum atomic E-state index is 0.0557. The van der Waals surface area contributed by atoms with Crippen LogP contribution in [0.1, 0.15) is 32.1 Å². The van der Waals surface area contributed by atoms with Gasteiger partial charge in [-0.15, -0.1) is 0 Å². The summed E-state index contributed by atoms with van der Waals surface area (Å²) in [5.41, 5.74) is 2.79. The Morgan fingerprint density at radius 3 is 2.76 bits per heavy atom. The second-order valence-corrected chi connectivity index (χ2v) is 6.65. The molecule has 5 nitrogen and oxygen atoms in total. The minimum absolute atomic E-state index is 0.0557. The summed E-state index contributed by atoms with van der Waals surface area (Å²) >= 11 is 0. The highest BCUT2D eigenvalue weighted by molar-refractivity contribution is 5.84. The van der Waals surface area contributed by atoms with Crippen LogP contribution in [0.2, 0.25) is 0 Å². The number of amides is 1. The van der Waals surface area contributed by atoms with Crippen molar-refractivity contribution in [1.29, 1.82) is 0 Å². The number of carbonyl (C=O) groups excluding carboxylic acids is 1. The van der Waals surface area contributed by atoms with Gasteiger partial charge in [0.25, 0.3) is 0 Å². The lowest BCUT2D eigenvalue weighted by atomic mass is 9.95. The molecule has 0 aliphatic heterocycles. The quantitative estimate of drug-likeness (QED) is 0.794. The first-order valence-corrected chi connectivity index (χ1v) is 8.96. The van der Waals surface area contributed by atoms with E-state index in [0.29, 0.717) is 6.04 Å². The van der Waals surface area contributed by atoms with Crippen LogP contribution in [0.3, 0.4) is 0 Å². The van der Waals surface area contributed by atoms with Gasteiger partial charge in [0.05, 0.1) is 11.0 Å². The third-order valence-electron chi connectivity index (χ3n) is 4.85. The molecule has 5 heteroatoms. The largest absolute Gasteiger partial charge is 0.352 e. The normalized spacial score (nSPS) is 15.4. The summed E-state index contributed by atoms with van der Waals surface area (Å²) in [4.78, 5) is 21.5. The molecule has 1 aliphatic carbocycles. The summed E-state index contributed by atoms with van der Waals surface area (Å²) in [6.07, 6.45) is 9.41. The molecule has 2 heterocycles. The number of benzene rings is 1. The number of aromatic nitrogens is 3. The Bertz CT molecular complexity index is 866. The van der Waals surface area contributed by atoms with Gasteiger partial charge in [0.2, 0.25) is 5.91 Å². The standard InChI is InChI=1S/C20H22N4O/c25-19(22-16-8-2-1-3-9-16)14-24-18-11-5-4-10-17(18)23-20(24)15-7-6-12-21-13-15/h4-7,10-13,16H,1-3,8-9,14H2,(H,22,25). The molecule has 0 radical (unpaired) electrons. The fourth-order valence-corrected chi connectivity index (χ4v) is 3.61. The molecule has 0 spiro atoms. The highest BCUT2D eigenvalue weighted by atomic mass is 16.2. The van der Waals surface area contributed by atoms with Crippen molar-refractivity contribution in [1.82, 2.24) is 19.9 Å². The number of hydrogen-bond acceptors (Lipinski definition) is 3. The van der Waals surface area contributed by atoms with Gasteiger partial charge in [-0.25, -0.2) is 4.98 Å². The summed E-state index contributed by atoms with van der Waals surface area (Å²) in [5, 5.41) is 3.20. The Balaban J connectivity index is 1.64. The average molecular weight is 334 g/mol. The lowest BCUT2D eigenvalue weighted by Crippen LogP contribution is -2.38. The molecular formula is C20H22N4O. The van der Waals surface area contributed by atoms with Crippen molar-refractivity contribution in [2.75, 3.05) is 0 Å². The van der Waals surface area contributed by atoms with Crippen LogP contribution in [0, 0.1) is 0 Å². The van der Waals surface area contributed by atoms with E-state index in [-0.39, 0.29) is 12.5 Å². The van der Waals surface area contributed by atoms with Crippen LogP contribution in [-0.2, 0) is 11.3 Å². The van der Waals surface area contributed by atoms with Gasteiger partial charge in [-0.1, -0.05) is 31.4 Å². The van der Waals surface area contributed by atoms with Crippen molar-refractivity contribution in [2.45, 2.75) is 44.7 Å². The maximum absolute atomic E-state index is 12.6. The van der Waals surface area contributed by atoms with Crippen molar-refractivity contribution in [3.05, 3.63) is 48.8 Å². The van der Waals surface area contributed by atoms with Crippen LogP contribution in [0.5, 0.6) is 0 Å².